The smallest absolute Gasteiger partial charge is 0.267 e. The van der Waals surface area contributed by atoms with Crippen LogP contribution in [0.15, 0.2) is 0 Å². The Hall–Kier alpha value is -0.750. The third kappa shape index (κ3) is 5.76. The molecule has 0 aromatic rings. The fraction of sp³-hybridized carbons (Fsp3) is 0.962. The van der Waals surface area contributed by atoms with E-state index in [1.807, 2.05) is 0 Å². The predicted molar refractivity (Wildman–Crippen MR) is 140 cm³/mol. The van der Waals surface area contributed by atoms with Gasteiger partial charge in [0.15, 0.2) is 0 Å². The van der Waals surface area contributed by atoms with Crippen molar-refractivity contribution in [3.8, 4) is 0 Å². The normalized spacial score (nSPS) is 42.8. The highest BCUT2D eigenvalue weighted by molar-refractivity contribution is 7.86. The number of hydrogen-bond donors (Lipinski definition) is 4. The predicted octanol–water partition coefficient (Wildman–Crippen LogP) is 3.29. The van der Waals surface area contributed by atoms with Crippen LogP contribution in [0.2, 0.25) is 0 Å². The van der Waals surface area contributed by atoms with Crippen LogP contribution in [0.25, 0.3) is 0 Å². The van der Waals surface area contributed by atoms with E-state index in [1.165, 1.54) is 0 Å². The average molecular weight is 564 g/mol. The molecule has 4 rings (SSSR count). The summed E-state index contributed by atoms with van der Waals surface area (Å²) in [5, 5.41) is 13.3. The van der Waals surface area contributed by atoms with Crippen LogP contribution < -0.4 is 5.32 Å². The Morgan fingerprint density at radius 3 is 2.27 bits per heavy atom. The van der Waals surface area contributed by atoms with Crippen molar-refractivity contribution >= 4 is 26.1 Å². The summed E-state index contributed by atoms with van der Waals surface area (Å²) in [6.45, 7) is 6.76. The molecule has 0 aromatic heterocycles. The van der Waals surface area contributed by atoms with E-state index in [2.05, 4.69) is 26.1 Å². The van der Waals surface area contributed by atoms with E-state index in [9.17, 15) is 31.3 Å². The first-order valence-electron chi connectivity index (χ1n) is 13.9. The molecule has 4 N–H and O–H groups in total. The van der Waals surface area contributed by atoms with Crippen molar-refractivity contribution in [1.82, 2.24) is 5.32 Å². The van der Waals surface area contributed by atoms with Crippen molar-refractivity contribution in [2.45, 2.75) is 96.3 Å². The highest BCUT2D eigenvalue weighted by Gasteiger charge is 2.63. The van der Waals surface area contributed by atoms with Gasteiger partial charge in [-0.05, 0) is 104 Å². The van der Waals surface area contributed by atoms with Crippen molar-refractivity contribution in [1.29, 1.82) is 0 Å². The molecule has 4 aliphatic rings. The van der Waals surface area contributed by atoms with E-state index in [0.29, 0.717) is 55.8 Å². The van der Waals surface area contributed by atoms with Gasteiger partial charge in [-0.15, -0.1) is 0 Å². The maximum atomic E-state index is 12.2. The Labute approximate surface area is 222 Å². The van der Waals surface area contributed by atoms with Gasteiger partial charge in [-0.25, -0.2) is 0 Å². The molecule has 4 aliphatic carbocycles. The van der Waals surface area contributed by atoms with E-state index in [0.717, 1.165) is 32.1 Å². The molecular formula is C26H45NO8S2. The number of amides is 1. The molecule has 0 heterocycles. The molecule has 4 fully saturated rings. The van der Waals surface area contributed by atoms with Crippen LogP contribution in [0.5, 0.6) is 0 Å². The van der Waals surface area contributed by atoms with Gasteiger partial charge >= 0.3 is 0 Å². The van der Waals surface area contributed by atoms with Crippen molar-refractivity contribution in [3.05, 3.63) is 0 Å². The summed E-state index contributed by atoms with van der Waals surface area (Å²) < 4.78 is 63.9. The minimum atomic E-state index is -4.09. The summed E-state index contributed by atoms with van der Waals surface area (Å²) in [7, 11) is -8.16. The first-order chi connectivity index (χ1) is 17.1. The molecule has 0 aromatic carbocycles. The van der Waals surface area contributed by atoms with Gasteiger partial charge in [0, 0.05) is 13.0 Å². The quantitative estimate of drug-likeness (QED) is 0.328. The van der Waals surface area contributed by atoms with Gasteiger partial charge in [0.25, 0.3) is 20.2 Å². The summed E-state index contributed by atoms with van der Waals surface area (Å²) in [5.74, 6) is 1.11. The Morgan fingerprint density at radius 1 is 0.973 bits per heavy atom. The van der Waals surface area contributed by atoms with Crippen LogP contribution in [-0.4, -0.2) is 60.6 Å². The number of fused-ring (bicyclic) bond motifs is 5. The molecule has 0 unspecified atom stereocenters. The maximum Gasteiger partial charge on any atom is 0.267 e. The average Bonchev–Trinajstić information content (AvgIpc) is 3.13. The third-order valence-electron chi connectivity index (χ3n) is 11.3. The lowest BCUT2D eigenvalue weighted by Crippen LogP contribution is -2.59. The van der Waals surface area contributed by atoms with E-state index in [-0.39, 0.29) is 35.1 Å². The molecule has 0 spiro atoms. The zero-order chi connectivity index (χ0) is 27.4. The summed E-state index contributed by atoms with van der Waals surface area (Å²) in [6, 6.07) is 0. The summed E-state index contributed by atoms with van der Waals surface area (Å²) in [4.78, 5) is 12.2. The number of nitrogens with one attached hydrogen (secondary N) is 1. The molecule has 0 radical (unpaired) electrons. The number of aliphatic hydroxyl groups is 1. The second-order valence-corrected chi connectivity index (χ2v) is 16.4. The summed E-state index contributed by atoms with van der Waals surface area (Å²) >= 11 is 0. The number of carbonyl (C=O) groups excluding carboxylic acids is 1. The van der Waals surface area contributed by atoms with E-state index in [4.69, 9.17) is 4.55 Å². The number of hydrogen-bond acceptors (Lipinski definition) is 6. The van der Waals surface area contributed by atoms with Gasteiger partial charge < -0.3 is 10.4 Å². The van der Waals surface area contributed by atoms with E-state index < -0.39 is 37.3 Å². The van der Waals surface area contributed by atoms with Gasteiger partial charge in [-0.1, -0.05) is 20.8 Å². The molecule has 10 atom stereocenters. The van der Waals surface area contributed by atoms with Crippen molar-refractivity contribution < 1.29 is 35.8 Å². The highest BCUT2D eigenvalue weighted by Crippen LogP contribution is 2.68. The third-order valence-corrected chi connectivity index (χ3v) is 13.3. The number of carbonyl (C=O) groups is 1. The van der Waals surface area contributed by atoms with Crippen LogP contribution in [0.4, 0.5) is 0 Å². The second kappa shape index (κ2) is 10.3. The second-order valence-electron chi connectivity index (χ2n) is 13.1. The topological polar surface area (TPSA) is 158 Å². The molecule has 0 bridgehead atoms. The SMILES string of the molecule is C[C@H](CCC(=O)NCCS(=O)(=O)O)[C@H]1CC[C@H]2[C@@H]3[C@H](O)C[C@@H]4C[C@H](S(=O)(=O)O)CC[C@]4(C)[C@H]3CC[C@]12C. The van der Waals surface area contributed by atoms with E-state index in [1.54, 1.807) is 0 Å². The fourth-order valence-corrected chi connectivity index (χ4v) is 10.6. The lowest BCUT2D eigenvalue weighted by molar-refractivity contribution is -0.164. The van der Waals surface area contributed by atoms with Crippen molar-refractivity contribution in [2.75, 3.05) is 12.3 Å². The highest BCUT2D eigenvalue weighted by atomic mass is 32.2. The Balaban J connectivity index is 1.40. The minimum absolute atomic E-state index is 0.0176. The molecule has 0 saturated heterocycles. The van der Waals surface area contributed by atoms with Gasteiger partial charge in [0.1, 0.15) is 0 Å². The molecular weight excluding hydrogens is 518 g/mol. The zero-order valence-corrected chi connectivity index (χ0v) is 23.9. The molecule has 214 valence electrons. The molecule has 0 aliphatic heterocycles. The van der Waals surface area contributed by atoms with Gasteiger partial charge in [-0.2, -0.15) is 16.8 Å². The lowest BCUT2D eigenvalue weighted by atomic mass is 9.44. The first kappa shape index (κ1) is 29.2. The zero-order valence-electron chi connectivity index (χ0n) is 22.3. The van der Waals surface area contributed by atoms with Crippen molar-refractivity contribution in [3.63, 3.8) is 0 Å². The number of aliphatic hydroxyl groups excluding tert-OH is 1. The Bertz CT molecular complexity index is 1080. The van der Waals surface area contributed by atoms with E-state index >= 15 is 0 Å². The lowest BCUT2D eigenvalue weighted by Gasteiger charge is -2.62. The van der Waals surface area contributed by atoms with Gasteiger partial charge in [0.05, 0.1) is 17.1 Å². The maximum absolute atomic E-state index is 12.2. The van der Waals surface area contributed by atoms with Gasteiger partial charge in [0.2, 0.25) is 5.91 Å². The summed E-state index contributed by atoms with van der Waals surface area (Å²) in [5.41, 5.74) is 0.0636. The Kier molecular flexibility index (Phi) is 8.17. The molecule has 9 nitrogen and oxygen atoms in total. The van der Waals surface area contributed by atoms with Crippen LogP contribution in [0.1, 0.15) is 85.0 Å². The van der Waals surface area contributed by atoms with Crippen LogP contribution in [0.3, 0.4) is 0 Å². The monoisotopic (exact) mass is 563 g/mol. The minimum Gasteiger partial charge on any atom is -0.393 e. The Morgan fingerprint density at radius 2 is 1.62 bits per heavy atom. The number of rotatable bonds is 8. The van der Waals surface area contributed by atoms with Crippen LogP contribution >= 0.6 is 0 Å². The molecule has 37 heavy (non-hydrogen) atoms. The van der Waals surface area contributed by atoms with Crippen molar-refractivity contribution in [2.24, 2.45) is 46.3 Å². The fourth-order valence-electron chi connectivity index (χ4n) is 9.40. The van der Waals surface area contributed by atoms with Crippen LogP contribution in [0, 0.1) is 46.3 Å². The molecule has 4 saturated carbocycles. The van der Waals surface area contributed by atoms with Gasteiger partial charge in [-0.3, -0.25) is 13.9 Å². The standard InChI is InChI=1S/C26H45NO8S2/c1-16(4-7-23(29)27-12-13-36(30,31)32)19-5-6-20-24-21(9-11-26(19,20)3)25(2)10-8-18(37(33,34)35)14-17(25)15-22(24)28/h16-22,24,28H,4-15H2,1-3H3,(H,27,29)(H,30,31,32)(H,33,34,35)/t16-,17+,18-,19-,20+,21+,22-,24+,25+,26-/m1/s1. The molecule has 11 heteroatoms. The first-order valence-corrected chi connectivity index (χ1v) is 17.0. The molecule has 1 amide bonds. The summed E-state index contributed by atoms with van der Waals surface area (Å²) in [6.07, 6.45) is 7.03. The van der Waals surface area contributed by atoms with Crippen LogP contribution in [-0.2, 0) is 25.0 Å². The largest absolute Gasteiger partial charge is 0.393 e.